The minimum absolute atomic E-state index is 0.157. The molecule has 0 radical (unpaired) electrons. The van der Waals surface area contributed by atoms with Crippen molar-refractivity contribution in [2.75, 3.05) is 0 Å². The van der Waals surface area contributed by atoms with Crippen molar-refractivity contribution in [1.29, 1.82) is 0 Å². The monoisotopic (exact) mass is 275 g/mol. The van der Waals surface area contributed by atoms with Gasteiger partial charge < -0.3 is 9.88 Å². The fraction of sp³-hybridized carbons (Fsp3) is 0.429. The zero-order chi connectivity index (χ0) is 13.2. The van der Waals surface area contributed by atoms with E-state index < -0.39 is 0 Å². The lowest BCUT2D eigenvalue weighted by atomic mass is 9.95. The number of thiocarbonyl (C=S) groups is 1. The molecule has 5 heteroatoms. The Morgan fingerprint density at radius 3 is 2.74 bits per heavy atom. The number of rotatable bonds is 2. The highest BCUT2D eigenvalue weighted by molar-refractivity contribution is 7.80. The van der Waals surface area contributed by atoms with Gasteiger partial charge in [-0.3, -0.25) is 10.1 Å². The normalized spacial score (nSPS) is 22.6. The second-order valence-corrected chi connectivity index (χ2v) is 5.56. The summed E-state index contributed by atoms with van der Waals surface area (Å²) in [4.78, 5) is 11.6. The van der Waals surface area contributed by atoms with Crippen molar-refractivity contribution in [1.82, 2.24) is 15.2 Å². The number of aromatic nitrogens is 1. The van der Waals surface area contributed by atoms with Gasteiger partial charge in [-0.25, -0.2) is 0 Å². The minimum Gasteiger partial charge on any atom is -0.351 e. The Labute approximate surface area is 117 Å². The third-order valence-electron chi connectivity index (χ3n) is 3.76. The summed E-state index contributed by atoms with van der Waals surface area (Å²) in [6, 6.07) is 2.66. The Kier molecular flexibility index (Phi) is 3.38. The van der Waals surface area contributed by atoms with Crippen LogP contribution in [-0.2, 0) is 4.79 Å². The summed E-state index contributed by atoms with van der Waals surface area (Å²) in [7, 11) is 0. The minimum atomic E-state index is -0.157. The molecule has 2 N–H and O–H groups in total. The highest BCUT2D eigenvalue weighted by atomic mass is 32.1. The molecule has 1 aromatic rings. The highest BCUT2D eigenvalue weighted by Crippen LogP contribution is 2.28. The first kappa shape index (κ1) is 12.4. The molecule has 1 amide bonds. The van der Waals surface area contributed by atoms with Crippen LogP contribution in [0.5, 0.6) is 0 Å². The number of nitrogens with zero attached hydrogens (tertiary/aromatic N) is 1. The van der Waals surface area contributed by atoms with Gasteiger partial charge in [0.15, 0.2) is 5.11 Å². The van der Waals surface area contributed by atoms with Crippen LogP contribution in [0.25, 0.3) is 6.08 Å². The van der Waals surface area contributed by atoms with Crippen molar-refractivity contribution in [3.63, 3.8) is 0 Å². The van der Waals surface area contributed by atoms with E-state index in [4.69, 9.17) is 12.2 Å². The standard InChI is InChI=1S/C14H17N3OS/c18-13-12(15-14(19)16-13)8-10-6-7-17(9-10)11-4-2-1-3-5-11/h6-9,11H,1-5H2,(H2,15,16,18,19)/b12-8-. The average molecular weight is 275 g/mol. The molecule has 1 saturated heterocycles. The van der Waals surface area contributed by atoms with Crippen LogP contribution in [-0.4, -0.2) is 15.6 Å². The average Bonchev–Trinajstić information content (AvgIpc) is 2.99. The lowest BCUT2D eigenvalue weighted by Gasteiger charge is -2.23. The largest absolute Gasteiger partial charge is 0.351 e. The summed E-state index contributed by atoms with van der Waals surface area (Å²) in [5, 5.41) is 5.80. The van der Waals surface area contributed by atoms with Gasteiger partial charge in [-0.2, -0.15) is 0 Å². The molecule has 3 rings (SSSR count). The molecular formula is C14H17N3OS. The van der Waals surface area contributed by atoms with E-state index in [9.17, 15) is 4.79 Å². The molecule has 1 aromatic heterocycles. The molecule has 2 aliphatic rings. The first-order chi connectivity index (χ1) is 9.22. The third kappa shape index (κ3) is 2.71. The Balaban J connectivity index is 1.76. The van der Waals surface area contributed by atoms with Gasteiger partial charge in [0.1, 0.15) is 5.70 Å². The highest BCUT2D eigenvalue weighted by Gasteiger charge is 2.20. The zero-order valence-electron chi connectivity index (χ0n) is 10.7. The topological polar surface area (TPSA) is 46.1 Å². The van der Waals surface area contributed by atoms with Crippen LogP contribution in [0.3, 0.4) is 0 Å². The maximum absolute atomic E-state index is 11.6. The maximum atomic E-state index is 11.6. The summed E-state index contributed by atoms with van der Waals surface area (Å²) >= 11 is 4.91. The zero-order valence-corrected chi connectivity index (χ0v) is 11.5. The Morgan fingerprint density at radius 2 is 2.05 bits per heavy atom. The summed E-state index contributed by atoms with van der Waals surface area (Å²) < 4.78 is 2.27. The van der Waals surface area contributed by atoms with Gasteiger partial charge in [-0.1, -0.05) is 19.3 Å². The van der Waals surface area contributed by atoms with Gasteiger partial charge >= 0.3 is 0 Å². The van der Waals surface area contributed by atoms with Crippen molar-refractivity contribution < 1.29 is 4.79 Å². The van der Waals surface area contributed by atoms with Gasteiger partial charge in [0, 0.05) is 18.4 Å². The Bertz CT molecular complexity index is 541. The van der Waals surface area contributed by atoms with E-state index in [0.717, 1.165) is 5.56 Å². The van der Waals surface area contributed by atoms with Gasteiger partial charge in [0.25, 0.3) is 5.91 Å². The molecular weight excluding hydrogens is 258 g/mol. The number of carbonyl (C=O) groups excluding carboxylic acids is 1. The Morgan fingerprint density at radius 1 is 1.26 bits per heavy atom. The molecule has 0 unspecified atom stereocenters. The molecule has 1 saturated carbocycles. The van der Waals surface area contributed by atoms with Crippen LogP contribution < -0.4 is 10.6 Å². The van der Waals surface area contributed by atoms with Gasteiger partial charge in [-0.05, 0) is 42.8 Å². The molecule has 4 nitrogen and oxygen atoms in total. The van der Waals surface area contributed by atoms with Gasteiger partial charge in [0.2, 0.25) is 0 Å². The van der Waals surface area contributed by atoms with Crippen LogP contribution in [0.15, 0.2) is 24.2 Å². The summed E-state index contributed by atoms with van der Waals surface area (Å²) in [5.41, 5.74) is 1.55. The van der Waals surface area contributed by atoms with Crippen molar-refractivity contribution in [2.24, 2.45) is 0 Å². The number of hydrogen-bond donors (Lipinski definition) is 2. The first-order valence-corrected chi connectivity index (χ1v) is 7.15. The second kappa shape index (κ2) is 5.17. The predicted molar refractivity (Wildman–Crippen MR) is 78.4 cm³/mol. The van der Waals surface area contributed by atoms with Crippen molar-refractivity contribution in [3.8, 4) is 0 Å². The van der Waals surface area contributed by atoms with Gasteiger partial charge in [-0.15, -0.1) is 0 Å². The fourth-order valence-corrected chi connectivity index (χ4v) is 2.97. The molecule has 1 aliphatic carbocycles. The van der Waals surface area contributed by atoms with E-state index in [2.05, 4.69) is 27.6 Å². The lowest BCUT2D eigenvalue weighted by molar-refractivity contribution is -0.115. The molecule has 2 fully saturated rings. The molecule has 0 bridgehead atoms. The number of amides is 1. The van der Waals surface area contributed by atoms with Crippen LogP contribution in [0, 0.1) is 0 Å². The van der Waals surface area contributed by atoms with Crippen LogP contribution >= 0.6 is 12.2 Å². The van der Waals surface area contributed by atoms with E-state index in [1.54, 1.807) is 0 Å². The Hall–Kier alpha value is -1.62. The lowest BCUT2D eigenvalue weighted by Crippen LogP contribution is -2.21. The summed E-state index contributed by atoms with van der Waals surface area (Å²) in [5.74, 6) is -0.157. The summed E-state index contributed by atoms with van der Waals surface area (Å²) in [6.45, 7) is 0. The van der Waals surface area contributed by atoms with E-state index in [-0.39, 0.29) is 5.91 Å². The first-order valence-electron chi connectivity index (χ1n) is 6.74. The van der Waals surface area contributed by atoms with E-state index in [0.29, 0.717) is 16.9 Å². The van der Waals surface area contributed by atoms with E-state index in [1.165, 1.54) is 32.1 Å². The van der Waals surface area contributed by atoms with E-state index >= 15 is 0 Å². The smallest absolute Gasteiger partial charge is 0.273 e. The van der Waals surface area contributed by atoms with Crippen molar-refractivity contribution in [2.45, 2.75) is 38.1 Å². The van der Waals surface area contributed by atoms with Crippen LogP contribution in [0.2, 0.25) is 0 Å². The molecule has 100 valence electrons. The number of carbonyl (C=O) groups is 1. The molecule has 2 heterocycles. The quantitative estimate of drug-likeness (QED) is 0.643. The van der Waals surface area contributed by atoms with Crippen molar-refractivity contribution in [3.05, 3.63) is 29.7 Å². The molecule has 19 heavy (non-hydrogen) atoms. The van der Waals surface area contributed by atoms with Crippen LogP contribution in [0.1, 0.15) is 43.7 Å². The van der Waals surface area contributed by atoms with E-state index in [1.807, 2.05) is 12.1 Å². The molecule has 0 atom stereocenters. The third-order valence-corrected chi connectivity index (χ3v) is 3.97. The molecule has 0 aromatic carbocycles. The van der Waals surface area contributed by atoms with Gasteiger partial charge in [0.05, 0.1) is 0 Å². The van der Waals surface area contributed by atoms with Crippen molar-refractivity contribution >= 4 is 29.3 Å². The second-order valence-electron chi connectivity index (χ2n) is 5.15. The SMILES string of the molecule is O=C1NC(=S)N/C1=C\c1ccn(C2CCCCC2)c1. The predicted octanol–water partition coefficient (Wildman–Crippen LogP) is 2.34. The number of nitrogens with one attached hydrogen (secondary N) is 2. The van der Waals surface area contributed by atoms with Crippen LogP contribution in [0.4, 0.5) is 0 Å². The maximum Gasteiger partial charge on any atom is 0.273 e. The fourth-order valence-electron chi connectivity index (χ4n) is 2.77. The summed E-state index contributed by atoms with van der Waals surface area (Å²) in [6.07, 6.45) is 12.6. The molecule has 1 aliphatic heterocycles. The number of hydrogen-bond acceptors (Lipinski definition) is 2. The molecule has 0 spiro atoms.